The summed E-state index contributed by atoms with van der Waals surface area (Å²) in [5, 5.41) is 15.1. The number of nitrogens with one attached hydrogen (secondary N) is 2. The number of ether oxygens (including phenoxy) is 1. The van der Waals surface area contributed by atoms with E-state index in [4.69, 9.17) is 9.84 Å². The van der Waals surface area contributed by atoms with Crippen LogP contribution in [0.15, 0.2) is 0 Å². The summed E-state index contributed by atoms with van der Waals surface area (Å²) in [4.78, 5) is 11.8. The summed E-state index contributed by atoms with van der Waals surface area (Å²) < 4.78 is 5.01. The minimum absolute atomic E-state index is 0.0641. The topological polar surface area (TPSA) is 70.6 Å². The van der Waals surface area contributed by atoms with Gasteiger partial charge in [0, 0.05) is 20.1 Å². The Balaban J connectivity index is 2.25. The average molecular weight is 244 g/mol. The maximum absolute atomic E-state index is 11.8. The molecular weight excluding hydrogens is 220 g/mol. The van der Waals surface area contributed by atoms with Crippen LogP contribution in [0.3, 0.4) is 0 Å². The van der Waals surface area contributed by atoms with Gasteiger partial charge in [0.05, 0.1) is 12.6 Å². The van der Waals surface area contributed by atoms with Gasteiger partial charge in [0.15, 0.2) is 0 Å². The first-order chi connectivity index (χ1) is 8.26. The fraction of sp³-hybridized carbons (Fsp3) is 0.917. The highest BCUT2D eigenvalue weighted by Gasteiger charge is 2.18. The molecule has 0 aliphatic carbocycles. The first kappa shape index (κ1) is 14.4. The van der Waals surface area contributed by atoms with Gasteiger partial charge in [-0.3, -0.25) is 4.79 Å². The van der Waals surface area contributed by atoms with E-state index in [2.05, 4.69) is 10.6 Å². The van der Waals surface area contributed by atoms with Gasteiger partial charge in [0.2, 0.25) is 5.91 Å². The minimum Gasteiger partial charge on any atom is -0.396 e. The number of carbonyl (C=O) groups excluding carboxylic acids is 1. The van der Waals surface area contributed by atoms with Crippen molar-refractivity contribution in [2.45, 2.75) is 31.7 Å². The molecule has 0 aromatic heterocycles. The molecule has 3 N–H and O–H groups in total. The molecule has 0 aromatic carbocycles. The van der Waals surface area contributed by atoms with Crippen molar-refractivity contribution in [1.82, 2.24) is 10.6 Å². The second-order valence-electron chi connectivity index (χ2n) is 4.65. The molecule has 0 radical (unpaired) electrons. The van der Waals surface area contributed by atoms with Crippen LogP contribution < -0.4 is 10.6 Å². The lowest BCUT2D eigenvalue weighted by Crippen LogP contribution is -2.41. The zero-order valence-corrected chi connectivity index (χ0v) is 10.6. The summed E-state index contributed by atoms with van der Waals surface area (Å²) in [7, 11) is 1.60. The number of hydrogen-bond acceptors (Lipinski definition) is 4. The lowest BCUT2D eigenvalue weighted by molar-refractivity contribution is -0.123. The number of hydrogen-bond donors (Lipinski definition) is 3. The van der Waals surface area contributed by atoms with E-state index in [1.165, 1.54) is 0 Å². The number of aliphatic hydroxyl groups excluding tert-OH is 1. The van der Waals surface area contributed by atoms with E-state index in [1.807, 2.05) is 0 Å². The fourth-order valence-electron chi connectivity index (χ4n) is 2.20. The second-order valence-corrected chi connectivity index (χ2v) is 4.65. The zero-order valence-electron chi connectivity index (χ0n) is 10.6. The predicted octanol–water partition coefficient (Wildman–Crippen LogP) is -0.110. The van der Waals surface area contributed by atoms with Crippen LogP contribution in [0.1, 0.15) is 25.7 Å². The zero-order chi connectivity index (χ0) is 12.5. The number of carbonyl (C=O) groups is 1. The Morgan fingerprint density at radius 3 is 3.06 bits per heavy atom. The number of aliphatic hydroxyl groups is 1. The third-order valence-electron chi connectivity index (χ3n) is 3.08. The Kier molecular flexibility index (Phi) is 7.16. The van der Waals surface area contributed by atoms with Gasteiger partial charge in [0.1, 0.15) is 0 Å². The number of methoxy groups -OCH3 is 1. The summed E-state index contributed by atoms with van der Waals surface area (Å²) in [6.45, 7) is 2.52. The molecule has 100 valence electrons. The van der Waals surface area contributed by atoms with Gasteiger partial charge in [-0.25, -0.2) is 0 Å². The molecule has 17 heavy (non-hydrogen) atoms. The lowest BCUT2D eigenvalue weighted by Gasteiger charge is -2.23. The third kappa shape index (κ3) is 6.00. The molecular formula is C12H24N2O3. The Morgan fingerprint density at radius 1 is 1.65 bits per heavy atom. The fourth-order valence-corrected chi connectivity index (χ4v) is 2.20. The molecule has 0 saturated carbocycles. The van der Waals surface area contributed by atoms with E-state index in [0.717, 1.165) is 25.9 Å². The summed E-state index contributed by atoms with van der Waals surface area (Å²) >= 11 is 0. The first-order valence-corrected chi connectivity index (χ1v) is 6.36. The van der Waals surface area contributed by atoms with Crippen molar-refractivity contribution in [1.29, 1.82) is 0 Å². The molecule has 1 rings (SSSR count). The summed E-state index contributed by atoms with van der Waals surface area (Å²) in [6.07, 6.45) is 3.38. The molecule has 2 unspecified atom stereocenters. The molecule has 0 spiro atoms. The molecule has 1 amide bonds. The molecule has 1 aliphatic rings. The molecule has 0 bridgehead atoms. The van der Waals surface area contributed by atoms with Crippen molar-refractivity contribution in [3.05, 3.63) is 0 Å². The van der Waals surface area contributed by atoms with Crippen LogP contribution in [0.5, 0.6) is 0 Å². The van der Waals surface area contributed by atoms with E-state index in [1.54, 1.807) is 7.11 Å². The van der Waals surface area contributed by atoms with Gasteiger partial charge in [0.25, 0.3) is 0 Å². The maximum atomic E-state index is 11.8. The van der Waals surface area contributed by atoms with Crippen LogP contribution in [0.2, 0.25) is 0 Å². The van der Waals surface area contributed by atoms with Crippen molar-refractivity contribution >= 4 is 5.91 Å². The average Bonchev–Trinajstić information content (AvgIpc) is 2.30. The molecule has 5 nitrogen and oxygen atoms in total. The minimum atomic E-state index is -0.0750. The molecule has 1 saturated heterocycles. The van der Waals surface area contributed by atoms with Gasteiger partial charge in [-0.1, -0.05) is 0 Å². The van der Waals surface area contributed by atoms with E-state index < -0.39 is 0 Å². The normalized spacial score (nSPS) is 22.1. The van der Waals surface area contributed by atoms with E-state index >= 15 is 0 Å². The Bertz CT molecular complexity index is 212. The van der Waals surface area contributed by atoms with Crippen molar-refractivity contribution in [3.8, 4) is 0 Å². The van der Waals surface area contributed by atoms with Crippen LogP contribution in [-0.4, -0.2) is 50.5 Å². The molecule has 1 heterocycles. The standard InChI is InChI=1S/C12H24N2O3/c1-17-9-11(4-6-15)14-12(16)7-10-3-2-5-13-8-10/h10-11,13,15H,2-9H2,1H3,(H,14,16). The Hall–Kier alpha value is -0.650. The number of amides is 1. The van der Waals surface area contributed by atoms with Gasteiger partial charge in [-0.05, 0) is 38.3 Å². The van der Waals surface area contributed by atoms with Crippen LogP contribution >= 0.6 is 0 Å². The first-order valence-electron chi connectivity index (χ1n) is 6.36. The Labute approximate surface area is 103 Å². The van der Waals surface area contributed by atoms with Crippen molar-refractivity contribution in [2.75, 3.05) is 33.4 Å². The summed E-state index contributed by atoms with van der Waals surface area (Å²) in [6, 6.07) is -0.0750. The Morgan fingerprint density at radius 2 is 2.47 bits per heavy atom. The number of rotatable bonds is 7. The largest absolute Gasteiger partial charge is 0.396 e. The van der Waals surface area contributed by atoms with Gasteiger partial charge < -0.3 is 20.5 Å². The maximum Gasteiger partial charge on any atom is 0.220 e. The van der Waals surface area contributed by atoms with Crippen LogP contribution in [-0.2, 0) is 9.53 Å². The monoisotopic (exact) mass is 244 g/mol. The highest BCUT2D eigenvalue weighted by Crippen LogP contribution is 2.13. The quantitative estimate of drug-likeness (QED) is 0.584. The van der Waals surface area contributed by atoms with Crippen molar-refractivity contribution < 1.29 is 14.6 Å². The van der Waals surface area contributed by atoms with Crippen LogP contribution in [0, 0.1) is 5.92 Å². The predicted molar refractivity (Wildman–Crippen MR) is 65.7 cm³/mol. The molecule has 1 aliphatic heterocycles. The van der Waals surface area contributed by atoms with Gasteiger partial charge >= 0.3 is 0 Å². The van der Waals surface area contributed by atoms with Crippen molar-refractivity contribution in [2.24, 2.45) is 5.92 Å². The molecule has 5 heteroatoms. The SMILES string of the molecule is COCC(CCO)NC(=O)CC1CCCNC1. The van der Waals surface area contributed by atoms with Gasteiger partial charge in [-0.15, -0.1) is 0 Å². The van der Waals surface area contributed by atoms with Crippen LogP contribution in [0.4, 0.5) is 0 Å². The van der Waals surface area contributed by atoms with Gasteiger partial charge in [-0.2, -0.15) is 0 Å². The molecule has 2 atom stereocenters. The summed E-state index contributed by atoms with van der Waals surface area (Å²) in [5.41, 5.74) is 0. The smallest absolute Gasteiger partial charge is 0.220 e. The lowest BCUT2D eigenvalue weighted by atomic mass is 9.96. The molecule has 0 aromatic rings. The van der Waals surface area contributed by atoms with Crippen LogP contribution in [0.25, 0.3) is 0 Å². The van der Waals surface area contributed by atoms with E-state index in [9.17, 15) is 4.79 Å². The number of piperidine rings is 1. The van der Waals surface area contributed by atoms with Crippen molar-refractivity contribution in [3.63, 3.8) is 0 Å². The molecule has 1 fully saturated rings. The highest BCUT2D eigenvalue weighted by atomic mass is 16.5. The summed E-state index contributed by atoms with van der Waals surface area (Å²) in [5.74, 6) is 0.510. The third-order valence-corrected chi connectivity index (χ3v) is 3.08. The highest BCUT2D eigenvalue weighted by molar-refractivity contribution is 5.76. The second kappa shape index (κ2) is 8.44. The van der Waals surface area contributed by atoms with E-state index in [0.29, 0.717) is 25.4 Å². The van der Waals surface area contributed by atoms with E-state index in [-0.39, 0.29) is 18.6 Å².